The minimum absolute atomic E-state index is 0.00970. The third kappa shape index (κ3) is 4.79. The van der Waals surface area contributed by atoms with E-state index in [1.807, 2.05) is 4.90 Å². The summed E-state index contributed by atoms with van der Waals surface area (Å²) in [5.41, 5.74) is 0.558. The first kappa shape index (κ1) is 18.9. The number of carbonyl (C=O) groups excluding carboxylic acids is 1. The lowest BCUT2D eigenvalue weighted by molar-refractivity contribution is 0.0682. The first-order valence-electron chi connectivity index (χ1n) is 8.72. The van der Waals surface area contributed by atoms with Gasteiger partial charge in [-0.3, -0.25) is 4.79 Å². The molecule has 1 amide bonds. The van der Waals surface area contributed by atoms with Gasteiger partial charge in [-0.25, -0.2) is 0 Å². The monoisotopic (exact) mass is 353 g/mol. The molecule has 1 heterocycles. The van der Waals surface area contributed by atoms with Crippen molar-refractivity contribution in [2.24, 2.45) is 11.8 Å². The van der Waals surface area contributed by atoms with Gasteiger partial charge in [0.05, 0.1) is 18.7 Å². The highest BCUT2D eigenvalue weighted by Crippen LogP contribution is 2.37. The number of methoxy groups -OCH3 is 1. The number of hydrogen-bond acceptors (Lipinski definition) is 3. The standard InChI is InChI=1S/C19H28ClNO3/c1-13(2)7-9-24-18-16(20)10-15(11-17(18)23-4)19(22)21-8-5-6-14(3)12-21/h10-11,13-14H,5-9,12H2,1-4H3. The van der Waals surface area contributed by atoms with E-state index < -0.39 is 0 Å². The molecule has 2 rings (SSSR count). The molecular weight excluding hydrogens is 326 g/mol. The Labute approximate surface area is 150 Å². The molecule has 1 unspecified atom stereocenters. The number of piperidine rings is 1. The first-order valence-corrected chi connectivity index (χ1v) is 9.09. The van der Waals surface area contributed by atoms with E-state index in [1.54, 1.807) is 19.2 Å². The maximum absolute atomic E-state index is 12.8. The summed E-state index contributed by atoms with van der Waals surface area (Å²) in [6.45, 7) is 8.64. The Morgan fingerprint density at radius 2 is 2.17 bits per heavy atom. The van der Waals surface area contributed by atoms with Crippen molar-refractivity contribution in [1.29, 1.82) is 0 Å². The van der Waals surface area contributed by atoms with Crippen LogP contribution in [-0.4, -0.2) is 37.6 Å². The van der Waals surface area contributed by atoms with Gasteiger partial charge in [0.15, 0.2) is 11.5 Å². The van der Waals surface area contributed by atoms with Crippen molar-refractivity contribution < 1.29 is 14.3 Å². The maximum Gasteiger partial charge on any atom is 0.254 e. The molecule has 0 saturated carbocycles. The molecule has 1 fully saturated rings. The van der Waals surface area contributed by atoms with Crippen molar-refractivity contribution in [3.05, 3.63) is 22.7 Å². The minimum atomic E-state index is 0.00970. The SMILES string of the molecule is COc1cc(C(=O)N2CCCC(C)C2)cc(Cl)c1OCCC(C)C. The Balaban J connectivity index is 2.17. The summed E-state index contributed by atoms with van der Waals surface area (Å²) in [6.07, 6.45) is 3.16. The number of ether oxygens (including phenoxy) is 2. The van der Waals surface area contributed by atoms with Gasteiger partial charge in [-0.1, -0.05) is 32.4 Å². The van der Waals surface area contributed by atoms with Gasteiger partial charge in [0.2, 0.25) is 0 Å². The molecule has 134 valence electrons. The average Bonchev–Trinajstić information content (AvgIpc) is 2.55. The van der Waals surface area contributed by atoms with E-state index in [-0.39, 0.29) is 5.91 Å². The lowest BCUT2D eigenvalue weighted by Crippen LogP contribution is -2.39. The fraction of sp³-hybridized carbons (Fsp3) is 0.632. The molecule has 1 aromatic carbocycles. The van der Waals surface area contributed by atoms with Crippen LogP contribution in [-0.2, 0) is 0 Å². The normalized spacial score (nSPS) is 17.9. The summed E-state index contributed by atoms with van der Waals surface area (Å²) in [4.78, 5) is 14.7. The Kier molecular flexibility index (Phi) is 6.79. The molecule has 1 aromatic rings. The van der Waals surface area contributed by atoms with E-state index in [9.17, 15) is 4.79 Å². The van der Waals surface area contributed by atoms with E-state index in [1.165, 1.54) is 6.42 Å². The van der Waals surface area contributed by atoms with Crippen LogP contribution in [0.5, 0.6) is 11.5 Å². The molecule has 1 aliphatic heterocycles. The maximum atomic E-state index is 12.8. The second-order valence-electron chi connectivity index (χ2n) is 7.02. The number of hydrogen-bond donors (Lipinski definition) is 0. The van der Waals surface area contributed by atoms with E-state index in [0.717, 1.165) is 25.9 Å². The molecule has 0 bridgehead atoms. The van der Waals surface area contributed by atoms with Crippen LogP contribution in [0.4, 0.5) is 0 Å². The number of nitrogens with zero attached hydrogens (tertiary/aromatic N) is 1. The quantitative estimate of drug-likeness (QED) is 0.747. The highest BCUT2D eigenvalue weighted by molar-refractivity contribution is 6.32. The van der Waals surface area contributed by atoms with Crippen molar-refractivity contribution in [3.63, 3.8) is 0 Å². The fourth-order valence-corrected chi connectivity index (χ4v) is 3.20. The summed E-state index contributed by atoms with van der Waals surface area (Å²) < 4.78 is 11.2. The summed E-state index contributed by atoms with van der Waals surface area (Å²) in [5, 5.41) is 0.423. The van der Waals surface area contributed by atoms with E-state index in [0.29, 0.717) is 40.5 Å². The van der Waals surface area contributed by atoms with Crippen molar-refractivity contribution in [1.82, 2.24) is 4.90 Å². The molecule has 0 N–H and O–H groups in total. The zero-order chi connectivity index (χ0) is 17.7. The first-order chi connectivity index (χ1) is 11.4. The number of rotatable bonds is 6. The average molecular weight is 354 g/mol. The second-order valence-corrected chi connectivity index (χ2v) is 7.43. The van der Waals surface area contributed by atoms with Crippen LogP contribution in [0.1, 0.15) is 50.4 Å². The Morgan fingerprint density at radius 3 is 2.79 bits per heavy atom. The smallest absolute Gasteiger partial charge is 0.254 e. The molecule has 24 heavy (non-hydrogen) atoms. The number of likely N-dealkylation sites (tertiary alicyclic amines) is 1. The fourth-order valence-electron chi connectivity index (χ4n) is 2.94. The zero-order valence-corrected chi connectivity index (χ0v) is 15.9. The summed E-state index contributed by atoms with van der Waals surface area (Å²) >= 11 is 6.36. The molecule has 5 heteroatoms. The molecule has 0 radical (unpaired) electrons. The molecule has 4 nitrogen and oxygen atoms in total. The third-order valence-electron chi connectivity index (χ3n) is 4.36. The van der Waals surface area contributed by atoms with Crippen LogP contribution in [0.3, 0.4) is 0 Å². The van der Waals surface area contributed by atoms with Gasteiger partial charge in [0, 0.05) is 18.7 Å². The van der Waals surface area contributed by atoms with Gasteiger partial charge in [-0.2, -0.15) is 0 Å². The van der Waals surface area contributed by atoms with Gasteiger partial charge in [0.25, 0.3) is 5.91 Å². The number of amides is 1. The van der Waals surface area contributed by atoms with Crippen molar-refractivity contribution in [2.75, 3.05) is 26.8 Å². The van der Waals surface area contributed by atoms with Gasteiger partial charge < -0.3 is 14.4 Å². The molecule has 0 aliphatic carbocycles. The lowest BCUT2D eigenvalue weighted by atomic mass is 9.99. The number of carbonyl (C=O) groups is 1. The zero-order valence-electron chi connectivity index (χ0n) is 15.1. The van der Waals surface area contributed by atoms with Crippen LogP contribution in [0, 0.1) is 11.8 Å². The predicted molar refractivity (Wildman–Crippen MR) is 97.3 cm³/mol. The summed E-state index contributed by atoms with van der Waals surface area (Å²) in [5.74, 6) is 2.13. The van der Waals surface area contributed by atoms with Gasteiger partial charge >= 0.3 is 0 Å². The third-order valence-corrected chi connectivity index (χ3v) is 4.64. The second kappa shape index (κ2) is 8.61. The lowest BCUT2D eigenvalue weighted by Gasteiger charge is -2.31. The van der Waals surface area contributed by atoms with Crippen molar-refractivity contribution >= 4 is 17.5 Å². The topological polar surface area (TPSA) is 38.8 Å². The van der Waals surface area contributed by atoms with Crippen molar-refractivity contribution in [2.45, 2.75) is 40.0 Å². The van der Waals surface area contributed by atoms with Crippen LogP contribution < -0.4 is 9.47 Å². The molecule has 0 spiro atoms. The van der Waals surface area contributed by atoms with E-state index in [2.05, 4.69) is 20.8 Å². The Hall–Kier alpha value is -1.42. The Morgan fingerprint density at radius 1 is 1.42 bits per heavy atom. The van der Waals surface area contributed by atoms with Gasteiger partial charge in [0.1, 0.15) is 0 Å². The molecule has 1 atom stereocenters. The van der Waals surface area contributed by atoms with Gasteiger partial charge in [-0.15, -0.1) is 0 Å². The van der Waals surface area contributed by atoms with E-state index >= 15 is 0 Å². The molecule has 1 aliphatic rings. The Bertz CT molecular complexity index is 574. The largest absolute Gasteiger partial charge is 0.493 e. The molecule has 1 saturated heterocycles. The predicted octanol–water partition coefficient (Wildman–Crippen LogP) is 4.65. The highest BCUT2D eigenvalue weighted by Gasteiger charge is 2.24. The van der Waals surface area contributed by atoms with Crippen LogP contribution in [0.2, 0.25) is 5.02 Å². The molecule has 0 aromatic heterocycles. The van der Waals surface area contributed by atoms with E-state index in [4.69, 9.17) is 21.1 Å². The number of halogens is 1. The summed E-state index contributed by atoms with van der Waals surface area (Å²) in [6, 6.07) is 3.43. The van der Waals surface area contributed by atoms with Crippen molar-refractivity contribution in [3.8, 4) is 11.5 Å². The molecular formula is C19H28ClNO3. The highest BCUT2D eigenvalue weighted by atomic mass is 35.5. The van der Waals surface area contributed by atoms with Crippen LogP contribution in [0.15, 0.2) is 12.1 Å². The number of benzene rings is 1. The minimum Gasteiger partial charge on any atom is -0.493 e. The summed E-state index contributed by atoms with van der Waals surface area (Å²) in [7, 11) is 1.57. The van der Waals surface area contributed by atoms with Gasteiger partial charge in [-0.05, 0) is 43.2 Å². The van der Waals surface area contributed by atoms with Crippen LogP contribution >= 0.6 is 11.6 Å². The van der Waals surface area contributed by atoms with Crippen LogP contribution in [0.25, 0.3) is 0 Å².